The average molecular weight is 397 g/mol. The number of aryl methyl sites for hydroxylation is 1. The van der Waals surface area contributed by atoms with Crippen LogP contribution in [0.25, 0.3) is 11.0 Å². The maximum atomic E-state index is 12.5. The number of furan rings is 1. The Morgan fingerprint density at radius 2 is 1.83 bits per heavy atom. The highest BCUT2D eigenvalue weighted by Crippen LogP contribution is 2.30. The fourth-order valence-corrected chi connectivity index (χ4v) is 3.45. The summed E-state index contributed by atoms with van der Waals surface area (Å²) >= 11 is 0. The summed E-state index contributed by atoms with van der Waals surface area (Å²) in [5.74, 6) is 2.15. The molecule has 0 aliphatic carbocycles. The molecule has 2 N–H and O–H groups in total. The van der Waals surface area contributed by atoms with E-state index < -0.39 is 0 Å². The minimum absolute atomic E-state index is 0.0198. The van der Waals surface area contributed by atoms with Gasteiger partial charge in [0.15, 0.2) is 18.0 Å². The van der Waals surface area contributed by atoms with Crippen LogP contribution >= 0.6 is 0 Å². The minimum Gasteiger partial charge on any atom is -0.493 e. The van der Waals surface area contributed by atoms with E-state index in [0.717, 1.165) is 32.8 Å². The third kappa shape index (κ3) is 4.90. The highest BCUT2D eigenvalue weighted by atomic mass is 16.5. The SMILES string of the molecule is COc1cc(C)c(C[NH+](C)CC(=O)N[C@@H](C)c2cc3ccccc3o2)cc1OC. The topological polar surface area (TPSA) is 65.1 Å². The first kappa shape index (κ1) is 20.7. The van der Waals surface area contributed by atoms with Gasteiger partial charge in [0.1, 0.15) is 17.9 Å². The monoisotopic (exact) mass is 397 g/mol. The Labute approximate surface area is 171 Å². The van der Waals surface area contributed by atoms with Crippen LogP contribution in [-0.2, 0) is 11.3 Å². The summed E-state index contributed by atoms with van der Waals surface area (Å²) in [4.78, 5) is 13.6. The number of carbonyl (C=O) groups is 1. The zero-order valence-corrected chi connectivity index (χ0v) is 17.7. The summed E-state index contributed by atoms with van der Waals surface area (Å²) in [5.41, 5.74) is 3.06. The fourth-order valence-electron chi connectivity index (χ4n) is 3.45. The van der Waals surface area contributed by atoms with Gasteiger partial charge >= 0.3 is 0 Å². The molecular weight excluding hydrogens is 368 g/mol. The van der Waals surface area contributed by atoms with Crippen LogP contribution in [0.2, 0.25) is 0 Å². The number of likely N-dealkylation sites (N-methyl/N-ethyl adjacent to an activating group) is 1. The number of amides is 1. The Balaban J connectivity index is 1.60. The molecule has 0 saturated heterocycles. The Morgan fingerprint density at radius 1 is 1.14 bits per heavy atom. The molecule has 0 radical (unpaired) electrons. The van der Waals surface area contributed by atoms with Gasteiger partial charge in [0.05, 0.1) is 27.3 Å². The smallest absolute Gasteiger partial charge is 0.275 e. The van der Waals surface area contributed by atoms with Gasteiger partial charge in [0.2, 0.25) is 0 Å². The van der Waals surface area contributed by atoms with Crippen molar-refractivity contribution in [1.29, 1.82) is 0 Å². The molecule has 0 fully saturated rings. The predicted molar refractivity (Wildman–Crippen MR) is 113 cm³/mol. The molecule has 3 rings (SSSR count). The van der Waals surface area contributed by atoms with Crippen molar-refractivity contribution in [2.75, 3.05) is 27.8 Å². The third-order valence-corrected chi connectivity index (χ3v) is 5.05. The first-order valence-corrected chi connectivity index (χ1v) is 9.72. The molecule has 6 heteroatoms. The summed E-state index contributed by atoms with van der Waals surface area (Å²) in [6, 6.07) is 13.6. The number of methoxy groups -OCH3 is 2. The summed E-state index contributed by atoms with van der Waals surface area (Å²) in [7, 11) is 5.25. The lowest BCUT2D eigenvalue weighted by molar-refractivity contribution is -0.885. The number of para-hydroxylation sites is 1. The molecule has 0 saturated carbocycles. The van der Waals surface area contributed by atoms with E-state index in [1.54, 1.807) is 14.2 Å². The van der Waals surface area contributed by atoms with Crippen LogP contribution in [0.15, 0.2) is 46.9 Å². The van der Waals surface area contributed by atoms with Crippen molar-refractivity contribution in [3.05, 3.63) is 59.4 Å². The molecule has 2 aromatic carbocycles. The van der Waals surface area contributed by atoms with Crippen LogP contribution < -0.4 is 19.7 Å². The van der Waals surface area contributed by atoms with Gasteiger partial charge in [-0.2, -0.15) is 0 Å². The van der Waals surface area contributed by atoms with E-state index in [2.05, 4.69) is 5.32 Å². The molecule has 2 atom stereocenters. The quantitative estimate of drug-likeness (QED) is 0.613. The highest BCUT2D eigenvalue weighted by molar-refractivity contribution is 5.79. The molecule has 6 nitrogen and oxygen atoms in total. The molecule has 154 valence electrons. The lowest BCUT2D eigenvalue weighted by Gasteiger charge is -2.18. The van der Waals surface area contributed by atoms with Gasteiger partial charge < -0.3 is 24.1 Å². The second kappa shape index (κ2) is 9.01. The standard InChI is InChI=1S/C23H28N2O4/c1-15-10-21(27-4)22(28-5)12-18(15)13-25(3)14-23(26)24-16(2)20-11-17-8-6-7-9-19(17)29-20/h6-12,16H,13-14H2,1-5H3,(H,24,26)/p+1/t16-/m0/s1. The van der Waals surface area contributed by atoms with Crippen molar-refractivity contribution in [3.8, 4) is 11.5 Å². The molecule has 29 heavy (non-hydrogen) atoms. The number of ether oxygens (including phenoxy) is 2. The van der Waals surface area contributed by atoms with Crippen molar-refractivity contribution in [2.24, 2.45) is 0 Å². The van der Waals surface area contributed by atoms with E-state index >= 15 is 0 Å². The van der Waals surface area contributed by atoms with E-state index in [4.69, 9.17) is 13.9 Å². The van der Waals surface area contributed by atoms with Crippen LogP contribution in [0, 0.1) is 6.92 Å². The molecule has 1 aromatic heterocycles. The molecular formula is C23H29N2O4+. The second-order valence-electron chi connectivity index (χ2n) is 7.42. The van der Waals surface area contributed by atoms with Gasteiger partial charge in [-0.05, 0) is 43.7 Å². The van der Waals surface area contributed by atoms with E-state index in [0.29, 0.717) is 24.6 Å². The Hall–Kier alpha value is -2.99. The van der Waals surface area contributed by atoms with Gasteiger partial charge in [0.25, 0.3) is 5.91 Å². The molecule has 0 aliphatic heterocycles. The lowest BCUT2D eigenvalue weighted by atomic mass is 10.1. The third-order valence-electron chi connectivity index (χ3n) is 5.05. The fraction of sp³-hybridized carbons (Fsp3) is 0.348. The molecule has 0 aliphatic rings. The van der Waals surface area contributed by atoms with Crippen LogP contribution in [0.3, 0.4) is 0 Å². The molecule has 1 amide bonds. The van der Waals surface area contributed by atoms with Gasteiger partial charge in [-0.15, -0.1) is 0 Å². The number of carbonyl (C=O) groups excluding carboxylic acids is 1. The first-order chi connectivity index (χ1) is 13.9. The van der Waals surface area contributed by atoms with Crippen molar-refractivity contribution in [1.82, 2.24) is 5.32 Å². The normalized spacial score (nSPS) is 13.1. The van der Waals surface area contributed by atoms with E-state index in [-0.39, 0.29) is 11.9 Å². The van der Waals surface area contributed by atoms with Crippen LogP contribution in [0.5, 0.6) is 11.5 Å². The van der Waals surface area contributed by atoms with Gasteiger partial charge in [-0.1, -0.05) is 18.2 Å². The molecule has 1 heterocycles. The summed E-state index contributed by atoms with van der Waals surface area (Å²) < 4.78 is 16.6. The summed E-state index contributed by atoms with van der Waals surface area (Å²) in [6.07, 6.45) is 0. The number of hydrogen-bond acceptors (Lipinski definition) is 4. The van der Waals surface area contributed by atoms with E-state index in [1.165, 1.54) is 0 Å². The molecule has 0 spiro atoms. The van der Waals surface area contributed by atoms with E-state index in [9.17, 15) is 4.79 Å². The maximum absolute atomic E-state index is 12.5. The Kier molecular flexibility index (Phi) is 6.44. The van der Waals surface area contributed by atoms with Crippen molar-refractivity contribution >= 4 is 16.9 Å². The highest BCUT2D eigenvalue weighted by Gasteiger charge is 2.18. The van der Waals surface area contributed by atoms with Gasteiger partial charge in [-0.3, -0.25) is 4.79 Å². The largest absolute Gasteiger partial charge is 0.493 e. The summed E-state index contributed by atoms with van der Waals surface area (Å²) in [5, 5.41) is 4.07. The van der Waals surface area contributed by atoms with Crippen LogP contribution in [-0.4, -0.2) is 33.7 Å². The first-order valence-electron chi connectivity index (χ1n) is 9.72. The number of fused-ring (bicyclic) bond motifs is 1. The van der Waals surface area contributed by atoms with Gasteiger partial charge in [0, 0.05) is 10.9 Å². The number of hydrogen-bond donors (Lipinski definition) is 2. The van der Waals surface area contributed by atoms with Crippen molar-refractivity contribution in [2.45, 2.75) is 26.4 Å². The predicted octanol–water partition coefficient (Wildman–Crippen LogP) is 2.65. The minimum atomic E-state index is -0.189. The average Bonchev–Trinajstić information content (AvgIpc) is 3.13. The lowest BCUT2D eigenvalue weighted by Crippen LogP contribution is -3.09. The maximum Gasteiger partial charge on any atom is 0.275 e. The van der Waals surface area contributed by atoms with E-state index in [1.807, 2.05) is 63.4 Å². The van der Waals surface area contributed by atoms with Crippen molar-refractivity contribution in [3.63, 3.8) is 0 Å². The number of rotatable bonds is 8. The molecule has 3 aromatic rings. The number of nitrogens with one attached hydrogen (secondary N) is 2. The number of benzene rings is 2. The Bertz CT molecular complexity index is 963. The summed E-state index contributed by atoms with van der Waals surface area (Å²) in [6.45, 7) is 5.04. The van der Waals surface area contributed by atoms with Gasteiger partial charge in [-0.25, -0.2) is 0 Å². The van der Waals surface area contributed by atoms with Crippen LogP contribution in [0.1, 0.15) is 29.9 Å². The Morgan fingerprint density at radius 3 is 2.52 bits per heavy atom. The van der Waals surface area contributed by atoms with Crippen LogP contribution in [0.4, 0.5) is 0 Å². The van der Waals surface area contributed by atoms with Crippen molar-refractivity contribution < 1.29 is 23.6 Å². The second-order valence-corrected chi connectivity index (χ2v) is 7.42. The molecule has 1 unspecified atom stereocenters. The zero-order chi connectivity index (χ0) is 21.0. The zero-order valence-electron chi connectivity index (χ0n) is 17.7. The molecule has 0 bridgehead atoms. The number of quaternary nitrogens is 1.